The van der Waals surface area contributed by atoms with Gasteiger partial charge in [0.2, 0.25) is 0 Å². The van der Waals surface area contributed by atoms with Gasteiger partial charge in [0.1, 0.15) is 17.5 Å². The third-order valence-electron chi connectivity index (χ3n) is 4.21. The predicted octanol–water partition coefficient (Wildman–Crippen LogP) is 3.96. The topological polar surface area (TPSA) is 21.3 Å². The molecule has 1 heterocycles. The SMILES string of the molecule is CNC(c1c(F)cc(F)cc1F)C1CC(C)(C)OC1(C)C. The minimum atomic E-state index is -0.911. The first-order chi connectivity index (χ1) is 9.57. The Hall–Kier alpha value is -1.07. The third-order valence-corrected chi connectivity index (χ3v) is 4.21. The van der Waals surface area contributed by atoms with Gasteiger partial charge in [0.05, 0.1) is 11.2 Å². The van der Waals surface area contributed by atoms with Crippen LogP contribution in [-0.2, 0) is 4.74 Å². The van der Waals surface area contributed by atoms with Gasteiger partial charge in [-0.15, -0.1) is 0 Å². The van der Waals surface area contributed by atoms with Crippen LogP contribution in [0.3, 0.4) is 0 Å². The molecule has 2 nitrogen and oxygen atoms in total. The Morgan fingerprint density at radius 1 is 1.14 bits per heavy atom. The second kappa shape index (κ2) is 5.29. The number of hydrogen-bond donors (Lipinski definition) is 1. The second-order valence-electron chi connectivity index (χ2n) is 6.83. The molecule has 21 heavy (non-hydrogen) atoms. The molecular formula is C16H22F3NO. The quantitative estimate of drug-likeness (QED) is 0.912. The fraction of sp³-hybridized carbons (Fsp3) is 0.625. The number of rotatable bonds is 3. The Morgan fingerprint density at radius 2 is 1.67 bits per heavy atom. The molecule has 1 aromatic rings. The van der Waals surface area contributed by atoms with E-state index in [1.807, 2.05) is 27.7 Å². The van der Waals surface area contributed by atoms with Gasteiger partial charge in [0.15, 0.2) is 0 Å². The monoisotopic (exact) mass is 301 g/mol. The van der Waals surface area contributed by atoms with Crippen molar-refractivity contribution in [2.75, 3.05) is 7.05 Å². The minimum absolute atomic E-state index is 0.127. The van der Waals surface area contributed by atoms with Crippen molar-refractivity contribution in [3.8, 4) is 0 Å². The molecule has 0 saturated carbocycles. The average Bonchev–Trinajstić information content (AvgIpc) is 2.51. The van der Waals surface area contributed by atoms with E-state index in [0.717, 1.165) is 12.1 Å². The molecule has 0 aromatic heterocycles. The van der Waals surface area contributed by atoms with Crippen LogP contribution < -0.4 is 5.32 Å². The largest absolute Gasteiger partial charge is 0.369 e. The lowest BCUT2D eigenvalue weighted by Crippen LogP contribution is -2.38. The summed E-state index contributed by atoms with van der Waals surface area (Å²) in [5.41, 5.74) is -1.03. The number of ether oxygens (including phenoxy) is 1. The smallest absolute Gasteiger partial charge is 0.133 e. The first-order valence-corrected chi connectivity index (χ1v) is 7.09. The van der Waals surface area contributed by atoms with Crippen molar-refractivity contribution in [3.05, 3.63) is 35.1 Å². The zero-order valence-corrected chi connectivity index (χ0v) is 13.1. The van der Waals surface area contributed by atoms with E-state index >= 15 is 0 Å². The molecule has 0 radical (unpaired) electrons. The molecule has 1 aliphatic rings. The summed E-state index contributed by atoms with van der Waals surface area (Å²) in [5.74, 6) is -2.78. The van der Waals surface area contributed by atoms with E-state index in [9.17, 15) is 13.2 Å². The Balaban J connectivity index is 2.46. The Kier molecular flexibility index (Phi) is 4.10. The van der Waals surface area contributed by atoms with Crippen LogP contribution in [0.4, 0.5) is 13.2 Å². The number of hydrogen-bond acceptors (Lipinski definition) is 2. The fourth-order valence-corrected chi connectivity index (χ4v) is 3.52. The molecule has 5 heteroatoms. The van der Waals surface area contributed by atoms with Gasteiger partial charge >= 0.3 is 0 Å². The van der Waals surface area contributed by atoms with Crippen molar-refractivity contribution in [1.82, 2.24) is 5.32 Å². The molecule has 1 saturated heterocycles. The van der Waals surface area contributed by atoms with Gasteiger partial charge in [0, 0.05) is 29.7 Å². The first kappa shape index (κ1) is 16.3. The highest BCUT2D eigenvalue weighted by atomic mass is 19.1. The zero-order chi connectivity index (χ0) is 16.0. The summed E-state index contributed by atoms with van der Waals surface area (Å²) in [7, 11) is 1.65. The van der Waals surface area contributed by atoms with Gasteiger partial charge in [-0.2, -0.15) is 0 Å². The van der Waals surface area contributed by atoms with Gasteiger partial charge in [-0.3, -0.25) is 0 Å². The van der Waals surface area contributed by atoms with Crippen molar-refractivity contribution in [3.63, 3.8) is 0 Å². The minimum Gasteiger partial charge on any atom is -0.369 e. The molecule has 1 fully saturated rings. The van der Waals surface area contributed by atoms with E-state index in [-0.39, 0.29) is 17.1 Å². The normalized spacial score (nSPS) is 25.0. The highest BCUT2D eigenvalue weighted by Crippen LogP contribution is 2.48. The van der Waals surface area contributed by atoms with Crippen LogP contribution in [0, 0.1) is 23.4 Å². The number of halogens is 3. The van der Waals surface area contributed by atoms with Crippen molar-refractivity contribution in [1.29, 1.82) is 0 Å². The molecule has 1 aliphatic heterocycles. The van der Waals surface area contributed by atoms with Crippen LogP contribution in [0.2, 0.25) is 0 Å². The molecule has 2 rings (SSSR count). The second-order valence-corrected chi connectivity index (χ2v) is 6.83. The highest BCUT2D eigenvalue weighted by molar-refractivity contribution is 5.26. The number of nitrogens with one attached hydrogen (secondary N) is 1. The molecule has 0 spiro atoms. The van der Waals surface area contributed by atoms with Gasteiger partial charge in [-0.25, -0.2) is 13.2 Å². The van der Waals surface area contributed by atoms with Crippen LogP contribution in [0.1, 0.15) is 45.7 Å². The Morgan fingerprint density at radius 3 is 2.05 bits per heavy atom. The predicted molar refractivity (Wildman–Crippen MR) is 75.5 cm³/mol. The molecule has 2 unspecified atom stereocenters. The van der Waals surface area contributed by atoms with Crippen LogP contribution >= 0.6 is 0 Å². The Bertz CT molecular complexity index is 519. The summed E-state index contributed by atoms with van der Waals surface area (Å²) in [4.78, 5) is 0. The summed E-state index contributed by atoms with van der Waals surface area (Å²) in [6, 6.07) is 0.857. The summed E-state index contributed by atoms with van der Waals surface area (Å²) < 4.78 is 47.3. The average molecular weight is 301 g/mol. The maximum atomic E-state index is 14.1. The van der Waals surface area contributed by atoms with Crippen LogP contribution in [0.15, 0.2) is 12.1 Å². The van der Waals surface area contributed by atoms with Crippen molar-refractivity contribution in [2.24, 2.45) is 5.92 Å². The molecule has 1 aromatic carbocycles. The van der Waals surface area contributed by atoms with Gasteiger partial charge < -0.3 is 10.1 Å². The zero-order valence-electron chi connectivity index (χ0n) is 13.1. The lowest BCUT2D eigenvalue weighted by atomic mass is 9.78. The summed E-state index contributed by atoms with van der Waals surface area (Å²) in [6.07, 6.45) is 0.655. The molecule has 118 valence electrons. The maximum Gasteiger partial charge on any atom is 0.133 e. The van der Waals surface area contributed by atoms with Crippen LogP contribution in [0.5, 0.6) is 0 Å². The highest BCUT2D eigenvalue weighted by Gasteiger charge is 2.50. The summed E-state index contributed by atoms with van der Waals surface area (Å²) in [5, 5.41) is 2.97. The van der Waals surface area contributed by atoms with Crippen LogP contribution in [0.25, 0.3) is 0 Å². The van der Waals surface area contributed by atoms with E-state index in [0.29, 0.717) is 6.42 Å². The number of benzene rings is 1. The lowest BCUT2D eigenvalue weighted by Gasteiger charge is -2.33. The van der Waals surface area contributed by atoms with Gasteiger partial charge in [0.25, 0.3) is 0 Å². The van der Waals surface area contributed by atoms with E-state index in [1.54, 1.807) is 7.05 Å². The van der Waals surface area contributed by atoms with E-state index in [4.69, 9.17) is 4.74 Å². The first-order valence-electron chi connectivity index (χ1n) is 7.09. The van der Waals surface area contributed by atoms with Gasteiger partial charge in [-0.1, -0.05) is 0 Å². The van der Waals surface area contributed by atoms with E-state index in [1.165, 1.54) is 0 Å². The molecule has 0 aliphatic carbocycles. The van der Waals surface area contributed by atoms with E-state index < -0.39 is 29.1 Å². The standard InChI is InChI=1S/C16H22F3NO/c1-15(2)8-10(16(3,4)21-15)14(20-5)13-11(18)6-9(17)7-12(13)19/h6-7,10,14,20H,8H2,1-5H3. The molecular weight excluding hydrogens is 279 g/mol. The lowest BCUT2D eigenvalue weighted by molar-refractivity contribution is -0.0778. The molecule has 0 bridgehead atoms. The van der Waals surface area contributed by atoms with Crippen molar-refractivity contribution < 1.29 is 17.9 Å². The Labute approximate surface area is 123 Å². The summed E-state index contributed by atoms with van der Waals surface area (Å²) >= 11 is 0. The van der Waals surface area contributed by atoms with Crippen molar-refractivity contribution in [2.45, 2.75) is 51.4 Å². The molecule has 2 atom stereocenters. The maximum absolute atomic E-state index is 14.1. The third kappa shape index (κ3) is 3.09. The molecule has 0 amide bonds. The summed E-state index contributed by atoms with van der Waals surface area (Å²) in [6.45, 7) is 7.74. The van der Waals surface area contributed by atoms with Crippen molar-refractivity contribution >= 4 is 0 Å². The van der Waals surface area contributed by atoms with E-state index in [2.05, 4.69) is 5.32 Å². The van der Waals surface area contributed by atoms with Crippen LogP contribution in [-0.4, -0.2) is 18.2 Å². The fourth-order valence-electron chi connectivity index (χ4n) is 3.52. The molecule has 1 N–H and O–H groups in total. The van der Waals surface area contributed by atoms with Gasteiger partial charge in [-0.05, 0) is 41.2 Å².